The normalized spacial score (nSPS) is 11.7. The lowest BCUT2D eigenvalue weighted by Crippen LogP contribution is -2.33. The van der Waals surface area contributed by atoms with Gasteiger partial charge >= 0.3 is 5.97 Å². The SMILES string of the molecule is C[C@@H](Oc1ccc(Cl)cc1)C(=O)N/N=C\c1ccc(OC(=O)c2ccc(Cl)cc2)cc1. The number of hydrogen-bond donors (Lipinski definition) is 1. The predicted molar refractivity (Wildman–Crippen MR) is 120 cm³/mol. The highest BCUT2D eigenvalue weighted by atomic mass is 35.5. The van der Waals surface area contributed by atoms with E-state index in [0.29, 0.717) is 32.7 Å². The first-order valence-electron chi connectivity index (χ1n) is 9.23. The number of carbonyl (C=O) groups is 2. The first-order valence-corrected chi connectivity index (χ1v) is 9.99. The number of ether oxygens (including phenoxy) is 2. The van der Waals surface area contributed by atoms with Gasteiger partial charge in [0.05, 0.1) is 11.8 Å². The maximum Gasteiger partial charge on any atom is 0.343 e. The molecule has 8 heteroatoms. The van der Waals surface area contributed by atoms with Crippen molar-refractivity contribution in [1.82, 2.24) is 5.43 Å². The summed E-state index contributed by atoms with van der Waals surface area (Å²) < 4.78 is 10.8. The molecule has 0 heterocycles. The number of hydrazone groups is 1. The van der Waals surface area contributed by atoms with Crippen molar-refractivity contribution in [2.24, 2.45) is 5.10 Å². The van der Waals surface area contributed by atoms with Crippen molar-refractivity contribution in [2.45, 2.75) is 13.0 Å². The molecule has 0 aromatic heterocycles. The maximum absolute atomic E-state index is 12.1. The third-order valence-corrected chi connectivity index (χ3v) is 4.56. The molecule has 0 aliphatic rings. The van der Waals surface area contributed by atoms with Gasteiger partial charge in [0.15, 0.2) is 6.10 Å². The van der Waals surface area contributed by atoms with Gasteiger partial charge in [-0.25, -0.2) is 10.2 Å². The van der Waals surface area contributed by atoms with E-state index in [0.717, 1.165) is 0 Å². The number of amides is 1. The minimum atomic E-state index is -0.743. The molecule has 0 aliphatic carbocycles. The van der Waals surface area contributed by atoms with Crippen molar-refractivity contribution in [3.63, 3.8) is 0 Å². The summed E-state index contributed by atoms with van der Waals surface area (Å²) in [6.45, 7) is 1.61. The van der Waals surface area contributed by atoms with E-state index < -0.39 is 18.0 Å². The zero-order chi connectivity index (χ0) is 22.2. The number of hydrogen-bond acceptors (Lipinski definition) is 5. The van der Waals surface area contributed by atoms with Crippen LogP contribution in [-0.2, 0) is 4.79 Å². The zero-order valence-electron chi connectivity index (χ0n) is 16.4. The number of benzene rings is 3. The number of nitrogens with zero attached hydrogens (tertiary/aromatic N) is 1. The Morgan fingerprint density at radius 2 is 1.42 bits per heavy atom. The summed E-state index contributed by atoms with van der Waals surface area (Å²) in [5, 5.41) is 5.04. The van der Waals surface area contributed by atoms with Crippen LogP contribution < -0.4 is 14.9 Å². The molecule has 0 radical (unpaired) electrons. The molecule has 0 saturated heterocycles. The molecule has 1 N–H and O–H groups in total. The number of nitrogens with one attached hydrogen (secondary N) is 1. The quantitative estimate of drug-likeness (QED) is 0.231. The first-order chi connectivity index (χ1) is 14.9. The summed E-state index contributed by atoms with van der Waals surface area (Å²) in [7, 11) is 0. The van der Waals surface area contributed by atoms with E-state index in [-0.39, 0.29) is 0 Å². The van der Waals surface area contributed by atoms with Gasteiger partial charge in [0.1, 0.15) is 11.5 Å². The van der Waals surface area contributed by atoms with Crippen molar-refractivity contribution in [3.8, 4) is 11.5 Å². The average Bonchev–Trinajstić information content (AvgIpc) is 2.77. The van der Waals surface area contributed by atoms with E-state index in [1.807, 2.05) is 0 Å². The van der Waals surface area contributed by atoms with Crippen LogP contribution in [0.25, 0.3) is 0 Å². The summed E-state index contributed by atoms with van der Waals surface area (Å²) in [5.74, 6) is 0.0191. The number of esters is 1. The molecule has 1 amide bonds. The molecular weight excluding hydrogens is 439 g/mol. The van der Waals surface area contributed by atoms with E-state index >= 15 is 0 Å². The summed E-state index contributed by atoms with van der Waals surface area (Å²) in [6, 6.07) is 19.8. The maximum atomic E-state index is 12.1. The highest BCUT2D eigenvalue weighted by molar-refractivity contribution is 6.30. The Morgan fingerprint density at radius 3 is 2.03 bits per heavy atom. The largest absolute Gasteiger partial charge is 0.481 e. The molecule has 0 aliphatic heterocycles. The fraction of sp³-hybridized carbons (Fsp3) is 0.0870. The van der Waals surface area contributed by atoms with Crippen LogP contribution in [0.3, 0.4) is 0 Å². The van der Waals surface area contributed by atoms with Crippen molar-refractivity contribution >= 4 is 41.3 Å². The van der Waals surface area contributed by atoms with Gasteiger partial charge in [-0.15, -0.1) is 0 Å². The third-order valence-electron chi connectivity index (χ3n) is 4.05. The summed E-state index contributed by atoms with van der Waals surface area (Å²) in [4.78, 5) is 24.2. The van der Waals surface area contributed by atoms with E-state index in [9.17, 15) is 9.59 Å². The molecule has 3 aromatic carbocycles. The van der Waals surface area contributed by atoms with E-state index in [2.05, 4.69) is 10.5 Å². The fourth-order valence-corrected chi connectivity index (χ4v) is 2.66. The van der Waals surface area contributed by atoms with Crippen LogP contribution in [0, 0.1) is 0 Å². The van der Waals surface area contributed by atoms with Gasteiger partial charge < -0.3 is 9.47 Å². The summed E-state index contributed by atoms with van der Waals surface area (Å²) in [6.07, 6.45) is 0.727. The van der Waals surface area contributed by atoms with Crippen molar-refractivity contribution < 1.29 is 19.1 Å². The molecule has 3 aromatic rings. The van der Waals surface area contributed by atoms with E-state index in [1.165, 1.54) is 6.21 Å². The van der Waals surface area contributed by atoms with Crippen LogP contribution in [0.5, 0.6) is 11.5 Å². The number of halogens is 2. The van der Waals surface area contributed by atoms with Crippen LogP contribution in [-0.4, -0.2) is 24.2 Å². The minimum absolute atomic E-state index is 0.381. The Kier molecular flexibility index (Phi) is 7.65. The highest BCUT2D eigenvalue weighted by Gasteiger charge is 2.13. The Balaban J connectivity index is 1.49. The molecule has 31 heavy (non-hydrogen) atoms. The van der Waals surface area contributed by atoms with Gasteiger partial charge in [-0.2, -0.15) is 5.10 Å². The van der Waals surface area contributed by atoms with Gasteiger partial charge in [-0.3, -0.25) is 4.79 Å². The molecule has 1 atom stereocenters. The molecule has 158 valence electrons. The third kappa shape index (κ3) is 6.84. The Labute approximate surface area is 189 Å². The summed E-state index contributed by atoms with van der Waals surface area (Å²) >= 11 is 11.6. The first kappa shape index (κ1) is 22.3. The second-order valence-electron chi connectivity index (χ2n) is 6.41. The average molecular weight is 457 g/mol. The van der Waals surface area contributed by atoms with Crippen LogP contribution in [0.4, 0.5) is 0 Å². The second kappa shape index (κ2) is 10.6. The molecule has 6 nitrogen and oxygen atoms in total. The smallest absolute Gasteiger partial charge is 0.343 e. The topological polar surface area (TPSA) is 77.0 Å². The van der Waals surface area contributed by atoms with Crippen LogP contribution in [0.15, 0.2) is 77.9 Å². The number of carbonyl (C=O) groups excluding carboxylic acids is 2. The van der Waals surface area contributed by atoms with E-state index in [1.54, 1.807) is 79.7 Å². The molecule has 0 spiro atoms. The standard InChI is InChI=1S/C23H18Cl2N2O4/c1-15(30-20-12-8-19(25)9-13-20)22(28)27-26-14-16-2-10-21(11-3-16)31-23(29)17-4-6-18(24)7-5-17/h2-15H,1H3,(H,27,28)/b26-14-/t15-/m1/s1. The lowest BCUT2D eigenvalue weighted by Gasteiger charge is -2.12. The van der Waals surface area contributed by atoms with E-state index in [4.69, 9.17) is 32.7 Å². The highest BCUT2D eigenvalue weighted by Crippen LogP contribution is 2.17. The van der Waals surface area contributed by atoms with Gasteiger partial charge in [-0.1, -0.05) is 23.2 Å². The predicted octanol–water partition coefficient (Wildman–Crippen LogP) is 5.13. The van der Waals surface area contributed by atoms with Crippen molar-refractivity contribution in [1.29, 1.82) is 0 Å². The fourth-order valence-electron chi connectivity index (χ4n) is 2.41. The lowest BCUT2D eigenvalue weighted by atomic mass is 10.2. The van der Waals surface area contributed by atoms with Gasteiger partial charge in [0.2, 0.25) is 0 Å². The summed E-state index contributed by atoms with van der Waals surface area (Å²) in [5.41, 5.74) is 3.52. The zero-order valence-corrected chi connectivity index (χ0v) is 17.9. The van der Waals surface area contributed by atoms with Gasteiger partial charge in [-0.05, 0) is 85.3 Å². The van der Waals surface area contributed by atoms with Crippen molar-refractivity contribution in [2.75, 3.05) is 0 Å². The molecule has 0 unspecified atom stereocenters. The van der Waals surface area contributed by atoms with Crippen LogP contribution in [0.1, 0.15) is 22.8 Å². The molecule has 0 bridgehead atoms. The monoisotopic (exact) mass is 456 g/mol. The van der Waals surface area contributed by atoms with Crippen LogP contribution >= 0.6 is 23.2 Å². The Bertz CT molecular complexity index is 1070. The lowest BCUT2D eigenvalue weighted by molar-refractivity contribution is -0.127. The number of rotatable bonds is 7. The van der Waals surface area contributed by atoms with Gasteiger partial charge in [0.25, 0.3) is 5.91 Å². The molecule has 0 saturated carbocycles. The molecule has 0 fully saturated rings. The van der Waals surface area contributed by atoms with Crippen molar-refractivity contribution in [3.05, 3.63) is 94.0 Å². The molecular formula is C23H18Cl2N2O4. The second-order valence-corrected chi connectivity index (χ2v) is 7.29. The molecule has 3 rings (SSSR count). The van der Waals surface area contributed by atoms with Crippen LogP contribution in [0.2, 0.25) is 10.0 Å². The Morgan fingerprint density at radius 1 is 0.871 bits per heavy atom. The Hall–Kier alpha value is -3.35. The van der Waals surface area contributed by atoms with Gasteiger partial charge in [0, 0.05) is 10.0 Å². The minimum Gasteiger partial charge on any atom is -0.481 e.